The van der Waals surface area contributed by atoms with E-state index in [1.54, 1.807) is 0 Å². The molecule has 0 bridgehead atoms. The third-order valence-electron chi connectivity index (χ3n) is 3.46. The minimum atomic E-state index is -4.47. The number of nitrogens with two attached hydrogens (primary N) is 2. The van der Waals surface area contributed by atoms with Crippen molar-refractivity contribution in [2.24, 2.45) is 0 Å². The molecule has 0 saturated carbocycles. The van der Waals surface area contributed by atoms with E-state index in [9.17, 15) is 18.3 Å². The van der Waals surface area contributed by atoms with Crippen LogP contribution in [0.5, 0.6) is 0 Å². The molecular weight excluding hydrogens is 309 g/mol. The highest BCUT2D eigenvalue weighted by atomic mass is 19.4. The van der Waals surface area contributed by atoms with Gasteiger partial charge in [-0.05, 0) is 41.0 Å². The van der Waals surface area contributed by atoms with Crippen molar-refractivity contribution in [3.8, 4) is 11.1 Å². The number of anilines is 2. The highest BCUT2D eigenvalue weighted by Gasteiger charge is 2.30. The van der Waals surface area contributed by atoms with E-state index in [0.717, 1.165) is 12.1 Å². The highest BCUT2D eigenvalue weighted by Crippen LogP contribution is 2.36. The number of hydrogen-bond donors (Lipinski definition) is 4. The zero-order valence-corrected chi connectivity index (χ0v) is 12.1. The fourth-order valence-corrected chi connectivity index (χ4v) is 2.37. The lowest BCUT2D eigenvalue weighted by Gasteiger charge is -2.17. The number of rotatable bonds is 4. The molecule has 0 heterocycles. The maximum atomic E-state index is 12.9. The van der Waals surface area contributed by atoms with Crippen LogP contribution in [-0.2, 0) is 12.6 Å². The van der Waals surface area contributed by atoms with Crippen molar-refractivity contribution in [3.63, 3.8) is 0 Å². The molecule has 0 saturated heterocycles. The molecule has 0 aliphatic carbocycles. The van der Waals surface area contributed by atoms with Gasteiger partial charge in [-0.1, -0.05) is 12.1 Å². The highest BCUT2D eigenvalue weighted by molar-refractivity contribution is 5.78. The van der Waals surface area contributed by atoms with Gasteiger partial charge < -0.3 is 21.7 Å². The molecule has 0 amide bonds. The molecule has 2 aromatic rings. The smallest absolute Gasteiger partial charge is 0.399 e. The zero-order chi connectivity index (χ0) is 17.2. The van der Waals surface area contributed by atoms with Gasteiger partial charge in [-0.2, -0.15) is 13.2 Å². The number of aliphatic hydroxyl groups is 2. The summed E-state index contributed by atoms with van der Waals surface area (Å²) in [7, 11) is 0. The van der Waals surface area contributed by atoms with Crippen LogP contribution < -0.4 is 11.5 Å². The van der Waals surface area contributed by atoms with Crippen LogP contribution in [0, 0.1) is 0 Å². The van der Waals surface area contributed by atoms with Crippen LogP contribution in [0.4, 0.5) is 24.5 Å². The van der Waals surface area contributed by atoms with Crippen molar-refractivity contribution in [2.45, 2.75) is 18.7 Å². The van der Waals surface area contributed by atoms with Gasteiger partial charge in [0, 0.05) is 17.8 Å². The number of halogens is 3. The quantitative estimate of drug-likeness (QED) is 0.649. The van der Waals surface area contributed by atoms with Crippen molar-refractivity contribution in [1.82, 2.24) is 0 Å². The lowest BCUT2D eigenvalue weighted by Crippen LogP contribution is -2.17. The van der Waals surface area contributed by atoms with E-state index < -0.39 is 24.5 Å². The Morgan fingerprint density at radius 2 is 1.78 bits per heavy atom. The van der Waals surface area contributed by atoms with E-state index in [0.29, 0.717) is 22.4 Å². The van der Waals surface area contributed by atoms with Gasteiger partial charge in [-0.3, -0.25) is 0 Å². The van der Waals surface area contributed by atoms with E-state index in [-0.39, 0.29) is 12.1 Å². The first-order chi connectivity index (χ1) is 10.7. The first kappa shape index (κ1) is 17.1. The second-order valence-electron chi connectivity index (χ2n) is 5.26. The van der Waals surface area contributed by atoms with Gasteiger partial charge >= 0.3 is 6.18 Å². The molecule has 4 nitrogen and oxygen atoms in total. The van der Waals surface area contributed by atoms with Crippen LogP contribution in [0.3, 0.4) is 0 Å². The molecule has 124 valence electrons. The van der Waals surface area contributed by atoms with E-state index in [4.69, 9.17) is 16.6 Å². The molecule has 0 aliphatic rings. The van der Waals surface area contributed by atoms with Crippen LogP contribution in [-0.4, -0.2) is 22.9 Å². The van der Waals surface area contributed by atoms with Gasteiger partial charge in [-0.25, -0.2) is 0 Å². The minimum absolute atomic E-state index is 0.00813. The molecule has 2 rings (SSSR count). The predicted octanol–water partition coefficient (Wildman–Crippen LogP) is 2.43. The van der Waals surface area contributed by atoms with Gasteiger partial charge in [0.2, 0.25) is 0 Å². The average Bonchev–Trinajstić information content (AvgIpc) is 2.48. The molecule has 1 atom stereocenters. The lowest BCUT2D eigenvalue weighted by molar-refractivity contribution is -0.137. The zero-order valence-electron chi connectivity index (χ0n) is 12.1. The summed E-state index contributed by atoms with van der Waals surface area (Å²) in [6.07, 6.45) is -5.52. The number of benzene rings is 2. The normalized spacial score (nSPS) is 13.1. The van der Waals surface area contributed by atoms with Crippen molar-refractivity contribution in [1.29, 1.82) is 0 Å². The van der Waals surface area contributed by atoms with Gasteiger partial charge in [0.1, 0.15) is 0 Å². The number of hydrogen-bond acceptors (Lipinski definition) is 4. The molecule has 0 aliphatic heterocycles. The topological polar surface area (TPSA) is 92.5 Å². The molecule has 6 N–H and O–H groups in total. The summed E-state index contributed by atoms with van der Waals surface area (Å²) in [4.78, 5) is 0. The van der Waals surface area contributed by atoms with Crippen LogP contribution in [0.1, 0.15) is 11.1 Å². The van der Waals surface area contributed by atoms with E-state index in [1.165, 1.54) is 24.3 Å². The molecule has 23 heavy (non-hydrogen) atoms. The minimum Gasteiger partial charge on any atom is -0.399 e. The summed E-state index contributed by atoms with van der Waals surface area (Å²) in [6.45, 7) is -0.480. The molecular formula is C16H17F3N2O2. The molecule has 2 aromatic carbocycles. The Bertz CT molecular complexity index is 702. The number of aliphatic hydroxyl groups excluding tert-OH is 2. The first-order valence-electron chi connectivity index (χ1n) is 6.86. The van der Waals surface area contributed by atoms with Crippen molar-refractivity contribution < 1.29 is 23.4 Å². The fraction of sp³-hybridized carbons (Fsp3) is 0.250. The summed E-state index contributed by atoms with van der Waals surface area (Å²) in [5, 5.41) is 18.6. The Hall–Kier alpha value is -2.25. The van der Waals surface area contributed by atoms with E-state index in [2.05, 4.69) is 0 Å². The van der Waals surface area contributed by atoms with Gasteiger partial charge in [0.25, 0.3) is 0 Å². The fourth-order valence-electron chi connectivity index (χ4n) is 2.37. The maximum Gasteiger partial charge on any atom is 0.416 e. The Morgan fingerprint density at radius 1 is 1.09 bits per heavy atom. The Labute approximate surface area is 131 Å². The molecule has 0 spiro atoms. The molecule has 0 aromatic heterocycles. The van der Waals surface area contributed by atoms with Gasteiger partial charge in [0.15, 0.2) is 0 Å². The molecule has 7 heteroatoms. The Balaban J connectivity index is 2.58. The van der Waals surface area contributed by atoms with Crippen molar-refractivity contribution in [2.75, 3.05) is 18.1 Å². The van der Waals surface area contributed by atoms with Gasteiger partial charge in [-0.15, -0.1) is 0 Å². The van der Waals surface area contributed by atoms with Crippen molar-refractivity contribution >= 4 is 11.4 Å². The number of nitrogen functional groups attached to an aromatic ring is 2. The third kappa shape index (κ3) is 3.94. The third-order valence-corrected chi connectivity index (χ3v) is 3.46. The molecule has 1 unspecified atom stereocenters. The average molecular weight is 326 g/mol. The summed E-state index contributed by atoms with van der Waals surface area (Å²) >= 11 is 0. The summed E-state index contributed by atoms with van der Waals surface area (Å²) in [6, 6.07) is 7.76. The summed E-state index contributed by atoms with van der Waals surface area (Å²) in [5.41, 5.74) is 12.5. The first-order valence-corrected chi connectivity index (χ1v) is 6.86. The molecule has 0 fully saturated rings. The van der Waals surface area contributed by atoms with Crippen LogP contribution in [0.25, 0.3) is 11.1 Å². The van der Waals surface area contributed by atoms with Crippen LogP contribution >= 0.6 is 0 Å². The maximum absolute atomic E-state index is 12.9. The Morgan fingerprint density at radius 3 is 2.39 bits per heavy atom. The Kier molecular flexibility index (Phi) is 4.82. The second-order valence-corrected chi connectivity index (χ2v) is 5.26. The van der Waals surface area contributed by atoms with Crippen LogP contribution in [0.2, 0.25) is 0 Å². The largest absolute Gasteiger partial charge is 0.416 e. The van der Waals surface area contributed by atoms with E-state index >= 15 is 0 Å². The van der Waals surface area contributed by atoms with Crippen molar-refractivity contribution in [3.05, 3.63) is 47.5 Å². The second kappa shape index (κ2) is 6.47. The monoisotopic (exact) mass is 326 g/mol. The summed E-state index contributed by atoms with van der Waals surface area (Å²) < 4.78 is 38.7. The van der Waals surface area contributed by atoms with E-state index in [1.807, 2.05) is 0 Å². The molecule has 0 radical (unpaired) electrons. The standard InChI is InChI=1S/C16H17F3N2O2/c17-16(18,19)10-3-1-2-9(4-10)13-5-11(20)6-15(21)14(13)7-12(23)8-22/h1-6,12,22-23H,7-8,20-21H2. The van der Waals surface area contributed by atoms with Crippen LogP contribution in [0.15, 0.2) is 36.4 Å². The number of alkyl halides is 3. The SMILES string of the molecule is Nc1cc(N)c(CC(O)CO)c(-c2cccc(C(F)(F)F)c2)c1. The van der Waals surface area contributed by atoms with Gasteiger partial charge in [0.05, 0.1) is 18.3 Å². The predicted molar refractivity (Wildman–Crippen MR) is 82.5 cm³/mol. The summed E-state index contributed by atoms with van der Waals surface area (Å²) in [5.74, 6) is 0. The lowest BCUT2D eigenvalue weighted by atomic mass is 9.93.